The minimum Gasteiger partial charge on any atom is -0.501 e. The highest BCUT2D eigenvalue weighted by Gasteiger charge is 2.00. The molecular weight excluding hydrogens is 190 g/mol. The molecule has 15 heavy (non-hydrogen) atoms. The van der Waals surface area contributed by atoms with E-state index in [4.69, 9.17) is 10.00 Å². The van der Waals surface area contributed by atoms with E-state index in [1.54, 1.807) is 24.3 Å². The van der Waals surface area contributed by atoms with E-state index in [2.05, 4.69) is 0 Å². The van der Waals surface area contributed by atoms with Gasteiger partial charge in [-0.15, -0.1) is 0 Å². The molecule has 0 aliphatic carbocycles. The summed E-state index contributed by atoms with van der Waals surface area (Å²) in [6.45, 7) is 2.38. The van der Waals surface area contributed by atoms with E-state index in [0.717, 1.165) is 0 Å². The lowest BCUT2D eigenvalue weighted by Gasteiger charge is -1.96. The molecule has 0 aliphatic heterocycles. The monoisotopic (exact) mass is 201 g/mol. The quantitative estimate of drug-likeness (QED) is 0.426. The summed E-state index contributed by atoms with van der Waals surface area (Å²) in [6, 6.07) is 8.46. The Bertz CT molecular complexity index is 399. The fourth-order valence-electron chi connectivity index (χ4n) is 1.01. The highest BCUT2D eigenvalue weighted by Crippen LogP contribution is 2.04. The Kier molecular flexibility index (Phi) is 4.11. The van der Waals surface area contributed by atoms with Gasteiger partial charge in [0.25, 0.3) is 0 Å². The number of ether oxygens (including phenoxy) is 1. The van der Waals surface area contributed by atoms with Gasteiger partial charge < -0.3 is 4.74 Å². The Balaban J connectivity index is 2.71. The Morgan fingerprint density at radius 1 is 1.47 bits per heavy atom. The first-order valence-corrected chi connectivity index (χ1v) is 4.60. The van der Waals surface area contributed by atoms with Crippen LogP contribution in [0.25, 0.3) is 0 Å². The molecular formula is C12H11NO2. The van der Waals surface area contributed by atoms with Crippen molar-refractivity contribution in [2.45, 2.75) is 6.92 Å². The standard InChI is InChI=1S/C12H11NO2/c1-2-15-8-7-12(14)11-5-3-10(9-13)4-6-11/h3-8H,2H2,1H3. The average molecular weight is 201 g/mol. The molecule has 0 saturated carbocycles. The van der Waals surface area contributed by atoms with Crippen LogP contribution in [0.4, 0.5) is 0 Å². The van der Waals surface area contributed by atoms with Crippen LogP contribution in [0.2, 0.25) is 0 Å². The molecule has 0 amide bonds. The van der Waals surface area contributed by atoms with Crippen molar-refractivity contribution in [1.29, 1.82) is 5.26 Å². The first kappa shape index (κ1) is 11.0. The van der Waals surface area contributed by atoms with Crippen molar-refractivity contribution >= 4 is 5.78 Å². The van der Waals surface area contributed by atoms with Gasteiger partial charge in [0.05, 0.1) is 24.5 Å². The van der Waals surface area contributed by atoms with E-state index >= 15 is 0 Å². The number of hydrogen-bond donors (Lipinski definition) is 0. The van der Waals surface area contributed by atoms with Crippen molar-refractivity contribution in [2.75, 3.05) is 6.61 Å². The summed E-state index contributed by atoms with van der Waals surface area (Å²) in [5, 5.41) is 8.57. The van der Waals surface area contributed by atoms with E-state index in [1.165, 1.54) is 12.3 Å². The summed E-state index contributed by atoms with van der Waals surface area (Å²) in [5.74, 6) is -0.132. The number of allylic oxidation sites excluding steroid dienone is 1. The molecule has 76 valence electrons. The average Bonchev–Trinajstić information content (AvgIpc) is 2.29. The van der Waals surface area contributed by atoms with Crippen molar-refractivity contribution in [2.24, 2.45) is 0 Å². The minimum atomic E-state index is -0.132. The highest BCUT2D eigenvalue weighted by molar-refractivity contribution is 6.04. The third kappa shape index (κ3) is 3.28. The lowest BCUT2D eigenvalue weighted by atomic mass is 10.1. The van der Waals surface area contributed by atoms with Gasteiger partial charge in [-0.05, 0) is 31.2 Å². The maximum atomic E-state index is 11.5. The van der Waals surface area contributed by atoms with E-state index in [9.17, 15) is 4.79 Å². The van der Waals surface area contributed by atoms with Gasteiger partial charge in [0.15, 0.2) is 5.78 Å². The van der Waals surface area contributed by atoms with Gasteiger partial charge in [-0.3, -0.25) is 4.79 Å². The summed E-state index contributed by atoms with van der Waals surface area (Å²) >= 11 is 0. The largest absolute Gasteiger partial charge is 0.501 e. The molecule has 0 saturated heterocycles. The molecule has 1 aromatic rings. The summed E-state index contributed by atoms with van der Waals surface area (Å²) in [4.78, 5) is 11.5. The zero-order valence-corrected chi connectivity index (χ0v) is 8.43. The van der Waals surface area contributed by atoms with E-state index in [0.29, 0.717) is 17.7 Å². The number of carbonyl (C=O) groups excluding carboxylic acids is 1. The summed E-state index contributed by atoms with van der Waals surface area (Å²) < 4.78 is 4.92. The van der Waals surface area contributed by atoms with E-state index in [-0.39, 0.29) is 5.78 Å². The topological polar surface area (TPSA) is 50.1 Å². The van der Waals surface area contributed by atoms with Crippen LogP contribution in [0.1, 0.15) is 22.8 Å². The predicted molar refractivity (Wildman–Crippen MR) is 56.3 cm³/mol. The van der Waals surface area contributed by atoms with Crippen molar-refractivity contribution in [3.05, 3.63) is 47.7 Å². The smallest absolute Gasteiger partial charge is 0.188 e. The second-order valence-corrected chi connectivity index (χ2v) is 2.81. The van der Waals surface area contributed by atoms with Crippen molar-refractivity contribution < 1.29 is 9.53 Å². The Morgan fingerprint density at radius 3 is 2.67 bits per heavy atom. The summed E-state index contributed by atoms with van der Waals surface area (Å²) in [7, 11) is 0. The van der Waals surface area contributed by atoms with Gasteiger partial charge in [0.2, 0.25) is 0 Å². The van der Waals surface area contributed by atoms with Crippen LogP contribution in [-0.4, -0.2) is 12.4 Å². The molecule has 0 N–H and O–H groups in total. The second kappa shape index (κ2) is 5.61. The number of rotatable bonds is 4. The third-order valence-corrected chi connectivity index (χ3v) is 1.78. The third-order valence-electron chi connectivity index (χ3n) is 1.78. The Labute approximate surface area is 88.6 Å². The van der Waals surface area contributed by atoms with Gasteiger partial charge in [-0.25, -0.2) is 0 Å². The van der Waals surface area contributed by atoms with Crippen LogP contribution in [0, 0.1) is 11.3 Å². The summed E-state index contributed by atoms with van der Waals surface area (Å²) in [5.41, 5.74) is 1.09. The fraction of sp³-hybridized carbons (Fsp3) is 0.167. The predicted octanol–water partition coefficient (Wildman–Crippen LogP) is 2.29. The van der Waals surface area contributed by atoms with Crippen LogP contribution < -0.4 is 0 Å². The van der Waals surface area contributed by atoms with Gasteiger partial charge in [0.1, 0.15) is 0 Å². The van der Waals surface area contributed by atoms with Crippen LogP contribution >= 0.6 is 0 Å². The molecule has 1 rings (SSSR count). The molecule has 0 aliphatic rings. The Morgan fingerprint density at radius 2 is 2.13 bits per heavy atom. The fourth-order valence-corrected chi connectivity index (χ4v) is 1.01. The summed E-state index contributed by atoms with van der Waals surface area (Å²) in [6.07, 6.45) is 2.74. The minimum absolute atomic E-state index is 0.132. The second-order valence-electron chi connectivity index (χ2n) is 2.81. The molecule has 3 nitrogen and oxygen atoms in total. The van der Waals surface area contributed by atoms with Crippen LogP contribution in [0.15, 0.2) is 36.6 Å². The number of hydrogen-bond acceptors (Lipinski definition) is 3. The SMILES string of the molecule is CCOC=CC(=O)c1ccc(C#N)cc1. The zero-order chi connectivity index (χ0) is 11.1. The first-order chi connectivity index (χ1) is 7.27. The lowest BCUT2D eigenvalue weighted by Crippen LogP contribution is -1.94. The molecule has 0 spiro atoms. The normalized spacial score (nSPS) is 9.87. The van der Waals surface area contributed by atoms with Crippen molar-refractivity contribution in [3.8, 4) is 6.07 Å². The number of benzene rings is 1. The molecule has 1 aromatic carbocycles. The Hall–Kier alpha value is -2.08. The molecule has 0 heterocycles. The van der Waals surface area contributed by atoms with E-state index < -0.39 is 0 Å². The van der Waals surface area contributed by atoms with Gasteiger partial charge in [-0.1, -0.05) is 0 Å². The molecule has 0 fully saturated rings. The molecule has 0 bridgehead atoms. The molecule has 0 atom stereocenters. The number of ketones is 1. The number of nitriles is 1. The highest BCUT2D eigenvalue weighted by atomic mass is 16.5. The molecule has 3 heteroatoms. The molecule has 0 radical (unpaired) electrons. The molecule has 0 unspecified atom stereocenters. The van der Waals surface area contributed by atoms with Gasteiger partial charge in [-0.2, -0.15) is 5.26 Å². The zero-order valence-electron chi connectivity index (χ0n) is 8.43. The van der Waals surface area contributed by atoms with Crippen LogP contribution in [-0.2, 0) is 4.74 Å². The number of nitrogens with zero attached hydrogens (tertiary/aromatic N) is 1. The van der Waals surface area contributed by atoms with Crippen molar-refractivity contribution in [3.63, 3.8) is 0 Å². The van der Waals surface area contributed by atoms with Crippen LogP contribution in [0.3, 0.4) is 0 Å². The maximum absolute atomic E-state index is 11.5. The van der Waals surface area contributed by atoms with Gasteiger partial charge in [0, 0.05) is 11.6 Å². The molecule has 0 aromatic heterocycles. The first-order valence-electron chi connectivity index (χ1n) is 4.60. The van der Waals surface area contributed by atoms with Gasteiger partial charge >= 0.3 is 0 Å². The van der Waals surface area contributed by atoms with E-state index in [1.807, 2.05) is 13.0 Å². The van der Waals surface area contributed by atoms with Crippen molar-refractivity contribution in [1.82, 2.24) is 0 Å². The lowest BCUT2D eigenvalue weighted by molar-refractivity contribution is 0.104. The van der Waals surface area contributed by atoms with Crippen LogP contribution in [0.5, 0.6) is 0 Å². The maximum Gasteiger partial charge on any atom is 0.188 e. The number of carbonyl (C=O) groups is 1.